The van der Waals surface area contributed by atoms with Gasteiger partial charge in [0.15, 0.2) is 5.78 Å². The van der Waals surface area contributed by atoms with E-state index in [1.807, 2.05) is 6.07 Å². The summed E-state index contributed by atoms with van der Waals surface area (Å²) in [5.41, 5.74) is -1.41. The highest BCUT2D eigenvalue weighted by Gasteiger charge is 2.52. The van der Waals surface area contributed by atoms with Gasteiger partial charge in [0.05, 0.1) is 6.61 Å². The van der Waals surface area contributed by atoms with Gasteiger partial charge in [-0.2, -0.15) is 0 Å². The number of benzene rings is 2. The fourth-order valence-electron chi connectivity index (χ4n) is 3.33. The third-order valence-electron chi connectivity index (χ3n) is 5.15. The lowest BCUT2D eigenvalue weighted by molar-refractivity contribution is -0.191. The lowest BCUT2D eigenvalue weighted by atomic mass is 9.82. The first-order valence-electron chi connectivity index (χ1n) is 10.3. The van der Waals surface area contributed by atoms with Crippen LogP contribution in [0.5, 0.6) is 5.75 Å². The maximum absolute atomic E-state index is 12.5. The van der Waals surface area contributed by atoms with Crippen LogP contribution in [-0.4, -0.2) is 46.1 Å². The summed E-state index contributed by atoms with van der Waals surface area (Å²) in [6.45, 7) is 6.02. The van der Waals surface area contributed by atoms with Crippen LogP contribution in [0.4, 0.5) is 0 Å². The third-order valence-corrected chi connectivity index (χ3v) is 5.15. The second-order valence-corrected chi connectivity index (χ2v) is 7.48. The summed E-state index contributed by atoms with van der Waals surface area (Å²) in [4.78, 5) is 48.4. The summed E-state index contributed by atoms with van der Waals surface area (Å²) in [6.07, 6.45) is -0.488. The third kappa shape index (κ3) is 6.06. The molecule has 2 atom stereocenters. The first kappa shape index (κ1) is 25.3. The number of hydrogen-bond acceptors (Lipinski definition) is 6. The van der Waals surface area contributed by atoms with Crippen LogP contribution >= 0.6 is 0 Å². The Balaban J connectivity index is 2.17. The van der Waals surface area contributed by atoms with Crippen LogP contribution in [0.25, 0.3) is 0 Å². The number of carbonyl (C=O) groups excluding carboxylic acids is 2. The number of ether oxygens (including phenoxy) is 2. The smallest absolute Gasteiger partial charge is 0.349 e. The molecular weight excluding hydrogens is 428 g/mol. The van der Waals surface area contributed by atoms with E-state index in [2.05, 4.69) is 6.58 Å². The fourth-order valence-corrected chi connectivity index (χ4v) is 3.33. The Morgan fingerprint density at radius 1 is 0.970 bits per heavy atom. The van der Waals surface area contributed by atoms with Gasteiger partial charge in [-0.1, -0.05) is 43.8 Å². The molecule has 0 aliphatic carbocycles. The van der Waals surface area contributed by atoms with E-state index in [4.69, 9.17) is 9.47 Å². The van der Waals surface area contributed by atoms with E-state index in [0.29, 0.717) is 16.9 Å². The molecule has 8 nitrogen and oxygen atoms in total. The molecule has 2 unspecified atom stereocenters. The molecule has 0 heterocycles. The van der Waals surface area contributed by atoms with Crippen molar-refractivity contribution in [3.63, 3.8) is 0 Å². The maximum Gasteiger partial charge on any atom is 0.349 e. The monoisotopic (exact) mass is 454 g/mol. The van der Waals surface area contributed by atoms with Crippen molar-refractivity contribution >= 4 is 23.7 Å². The van der Waals surface area contributed by atoms with E-state index in [1.165, 1.54) is 13.8 Å². The SMILES string of the molecule is C=C(C)C(=O)OC(CCOc1ccc(C(=O)c2ccccc2)cc1)(C(=O)O)C(CC)C(=O)O. The van der Waals surface area contributed by atoms with Crippen molar-refractivity contribution < 1.29 is 38.9 Å². The Hall–Kier alpha value is -3.94. The Labute approximate surface area is 191 Å². The first-order chi connectivity index (χ1) is 15.6. The van der Waals surface area contributed by atoms with E-state index in [1.54, 1.807) is 48.5 Å². The van der Waals surface area contributed by atoms with E-state index in [-0.39, 0.29) is 24.4 Å². The van der Waals surface area contributed by atoms with E-state index in [9.17, 15) is 29.4 Å². The minimum absolute atomic E-state index is 0.0551. The zero-order chi connectivity index (χ0) is 24.6. The van der Waals surface area contributed by atoms with Gasteiger partial charge in [0.2, 0.25) is 5.60 Å². The molecule has 33 heavy (non-hydrogen) atoms. The fraction of sp³-hybridized carbons (Fsp3) is 0.280. The first-order valence-corrected chi connectivity index (χ1v) is 10.3. The zero-order valence-electron chi connectivity index (χ0n) is 18.4. The second kappa shape index (κ2) is 11.1. The molecule has 2 N–H and O–H groups in total. The average molecular weight is 454 g/mol. The maximum atomic E-state index is 12.5. The van der Waals surface area contributed by atoms with E-state index < -0.39 is 35.8 Å². The number of esters is 1. The Bertz CT molecular complexity index is 1030. The highest BCUT2D eigenvalue weighted by molar-refractivity contribution is 6.09. The van der Waals surface area contributed by atoms with Crippen molar-refractivity contribution in [3.05, 3.63) is 77.9 Å². The number of carboxylic acids is 2. The standard InChI is InChI=1S/C25H26O8/c1-4-20(22(27)28)25(24(30)31,33-23(29)16(2)3)14-15-32-19-12-10-18(11-13-19)21(26)17-8-6-5-7-9-17/h5-13,20H,2,4,14-15H2,1,3H3,(H,27,28)(H,30,31). The summed E-state index contributed by atoms with van der Waals surface area (Å²) in [5.74, 6) is -5.30. The zero-order valence-corrected chi connectivity index (χ0v) is 18.4. The lowest BCUT2D eigenvalue weighted by Crippen LogP contribution is -2.53. The Morgan fingerprint density at radius 3 is 2.03 bits per heavy atom. The van der Waals surface area contributed by atoms with Crippen molar-refractivity contribution in [3.8, 4) is 5.75 Å². The molecular formula is C25H26O8. The number of carboxylic acid groups (broad SMARTS) is 2. The average Bonchev–Trinajstić information content (AvgIpc) is 2.79. The van der Waals surface area contributed by atoms with Gasteiger partial charge in [-0.3, -0.25) is 9.59 Å². The van der Waals surface area contributed by atoms with Crippen LogP contribution in [-0.2, 0) is 19.1 Å². The molecule has 174 valence electrons. The Morgan fingerprint density at radius 2 is 1.55 bits per heavy atom. The van der Waals surface area contributed by atoms with Gasteiger partial charge in [-0.25, -0.2) is 9.59 Å². The lowest BCUT2D eigenvalue weighted by Gasteiger charge is -2.34. The highest BCUT2D eigenvalue weighted by atomic mass is 16.6. The molecule has 0 aliphatic heterocycles. The number of aliphatic carboxylic acids is 2. The molecule has 2 aromatic rings. The number of hydrogen-bond donors (Lipinski definition) is 2. The molecule has 0 fully saturated rings. The van der Waals surface area contributed by atoms with Gasteiger partial charge in [-0.05, 0) is 37.6 Å². The van der Waals surface area contributed by atoms with Gasteiger partial charge in [0.1, 0.15) is 11.7 Å². The number of carbonyl (C=O) groups is 4. The molecule has 0 aromatic heterocycles. The van der Waals surface area contributed by atoms with Crippen LogP contribution in [0.3, 0.4) is 0 Å². The van der Waals surface area contributed by atoms with Crippen LogP contribution in [0.15, 0.2) is 66.7 Å². The second-order valence-electron chi connectivity index (χ2n) is 7.48. The Kier molecular flexibility index (Phi) is 8.50. The molecule has 0 radical (unpaired) electrons. The molecule has 8 heteroatoms. The number of ketones is 1. The van der Waals surface area contributed by atoms with Crippen molar-refractivity contribution in [2.45, 2.75) is 32.3 Å². The van der Waals surface area contributed by atoms with E-state index in [0.717, 1.165) is 0 Å². The van der Waals surface area contributed by atoms with Crippen LogP contribution in [0, 0.1) is 5.92 Å². The van der Waals surface area contributed by atoms with Crippen LogP contribution in [0.1, 0.15) is 42.6 Å². The van der Waals surface area contributed by atoms with Crippen molar-refractivity contribution in [2.75, 3.05) is 6.61 Å². The van der Waals surface area contributed by atoms with Gasteiger partial charge in [-0.15, -0.1) is 0 Å². The molecule has 0 spiro atoms. The molecule has 0 saturated heterocycles. The summed E-state index contributed by atoms with van der Waals surface area (Å²) in [7, 11) is 0. The molecule has 0 aliphatic rings. The predicted octanol–water partition coefficient (Wildman–Crippen LogP) is 3.74. The van der Waals surface area contributed by atoms with E-state index >= 15 is 0 Å². The van der Waals surface area contributed by atoms with Gasteiger partial charge >= 0.3 is 17.9 Å². The predicted molar refractivity (Wildman–Crippen MR) is 119 cm³/mol. The molecule has 0 amide bonds. The normalized spacial score (nSPS) is 13.3. The van der Waals surface area contributed by atoms with Crippen LogP contribution in [0.2, 0.25) is 0 Å². The minimum Gasteiger partial charge on any atom is -0.493 e. The largest absolute Gasteiger partial charge is 0.493 e. The molecule has 2 rings (SSSR count). The molecule has 0 bridgehead atoms. The molecule has 2 aromatic carbocycles. The van der Waals surface area contributed by atoms with Gasteiger partial charge < -0.3 is 19.7 Å². The van der Waals surface area contributed by atoms with Gasteiger partial charge in [0, 0.05) is 23.1 Å². The summed E-state index contributed by atoms with van der Waals surface area (Å²) in [5, 5.41) is 19.4. The van der Waals surface area contributed by atoms with Crippen molar-refractivity contribution in [2.24, 2.45) is 5.92 Å². The topological polar surface area (TPSA) is 127 Å². The quantitative estimate of drug-likeness (QED) is 0.282. The van der Waals surface area contributed by atoms with Gasteiger partial charge in [0.25, 0.3) is 0 Å². The van der Waals surface area contributed by atoms with Crippen molar-refractivity contribution in [1.82, 2.24) is 0 Å². The summed E-state index contributed by atoms with van der Waals surface area (Å²) in [6, 6.07) is 15.0. The van der Waals surface area contributed by atoms with Crippen LogP contribution < -0.4 is 4.74 Å². The highest BCUT2D eigenvalue weighted by Crippen LogP contribution is 2.31. The molecule has 0 saturated carbocycles. The summed E-state index contributed by atoms with van der Waals surface area (Å²) >= 11 is 0. The summed E-state index contributed by atoms with van der Waals surface area (Å²) < 4.78 is 10.8. The van der Waals surface area contributed by atoms with Crippen molar-refractivity contribution in [1.29, 1.82) is 0 Å². The minimum atomic E-state index is -2.33. The number of rotatable bonds is 12.